The molecule has 0 rings (SSSR count). The molecule has 0 saturated heterocycles. The molecule has 0 saturated carbocycles. The Labute approximate surface area is 84.8 Å². The van der Waals surface area contributed by atoms with Crippen molar-refractivity contribution in [2.45, 2.75) is 24.7 Å². The maximum absolute atomic E-state index is 5.32. The van der Waals surface area contributed by atoms with Crippen LogP contribution in [0.2, 0.25) is 0 Å². The summed E-state index contributed by atoms with van der Waals surface area (Å²) in [6, 6.07) is 0. The number of hydrogen-bond acceptors (Lipinski definition) is 3. The summed E-state index contributed by atoms with van der Waals surface area (Å²) >= 11 is 0. The molecule has 0 aromatic rings. The highest BCUT2D eigenvalue weighted by Crippen LogP contribution is 2.14. The smallest absolute Gasteiger partial charge is 0.140 e. The second-order valence-electron chi connectivity index (χ2n) is 3.80. The summed E-state index contributed by atoms with van der Waals surface area (Å²) in [7, 11) is 8.57. The van der Waals surface area contributed by atoms with Crippen molar-refractivity contribution in [1.82, 2.24) is 4.90 Å². The number of ether oxygens (including phenoxy) is 2. The Balaban J connectivity index is 3.50. The van der Waals surface area contributed by atoms with Crippen LogP contribution in [-0.2, 0) is 9.47 Å². The van der Waals surface area contributed by atoms with E-state index in [1.807, 2.05) is 0 Å². The van der Waals surface area contributed by atoms with E-state index in [0.29, 0.717) is 0 Å². The predicted molar refractivity (Wildman–Crippen MR) is 59.1 cm³/mol. The van der Waals surface area contributed by atoms with Crippen LogP contribution in [0, 0.1) is 0 Å². The molecule has 80 valence electrons. The van der Waals surface area contributed by atoms with E-state index in [-0.39, 0.29) is 5.41 Å². The first-order valence-electron chi connectivity index (χ1n) is 4.79. The Kier molecular flexibility index (Phi) is 6.58. The minimum absolute atomic E-state index is 0.258. The molecule has 3 nitrogen and oxygen atoms in total. The van der Waals surface area contributed by atoms with Crippen molar-refractivity contribution in [3.63, 3.8) is 0 Å². The van der Waals surface area contributed by atoms with Gasteiger partial charge in [0.05, 0.1) is 10.2 Å². The second kappa shape index (κ2) is 6.54. The minimum Gasteiger partial charge on any atom is -0.358 e. The summed E-state index contributed by atoms with van der Waals surface area (Å²) in [5.41, 5.74) is -0.258. The first kappa shape index (κ1) is 13.1. The molecule has 0 bridgehead atoms. The zero-order valence-corrected chi connectivity index (χ0v) is 11.6. The van der Waals surface area contributed by atoms with E-state index in [4.69, 9.17) is 9.47 Å². The topological polar surface area (TPSA) is 21.7 Å². The van der Waals surface area contributed by atoms with Gasteiger partial charge in [0.2, 0.25) is 0 Å². The summed E-state index contributed by atoms with van der Waals surface area (Å²) in [5, 5.41) is 0. The number of methoxy groups -OCH3 is 2. The molecule has 4 heteroatoms. The van der Waals surface area contributed by atoms with E-state index < -0.39 is 0 Å². The minimum atomic E-state index is -0.258. The molecule has 0 spiro atoms. The molecule has 0 fully saturated rings. The largest absolute Gasteiger partial charge is 0.358 e. The van der Waals surface area contributed by atoms with Crippen molar-refractivity contribution in [2.24, 2.45) is 0 Å². The lowest BCUT2D eigenvalue weighted by molar-refractivity contribution is -0.146. The third kappa shape index (κ3) is 6.21. The molecule has 0 aliphatic rings. The van der Waals surface area contributed by atoms with Gasteiger partial charge in [-0.1, -0.05) is 0 Å². The van der Waals surface area contributed by atoms with Gasteiger partial charge in [0.25, 0.3) is 0 Å². The maximum Gasteiger partial charge on any atom is 0.140 e. The van der Waals surface area contributed by atoms with Gasteiger partial charge in [-0.2, -0.15) is 0 Å². The number of rotatable bonds is 7. The highest BCUT2D eigenvalue weighted by atomic mass is 28.1. The van der Waals surface area contributed by atoms with E-state index in [0.717, 1.165) is 23.2 Å². The van der Waals surface area contributed by atoms with Crippen molar-refractivity contribution in [1.29, 1.82) is 0 Å². The lowest BCUT2D eigenvalue weighted by atomic mass is 10.2. The van der Waals surface area contributed by atoms with Crippen molar-refractivity contribution >= 4 is 10.2 Å². The second-order valence-corrected chi connectivity index (χ2v) is 5.33. The van der Waals surface area contributed by atoms with E-state index in [9.17, 15) is 0 Å². The van der Waals surface area contributed by atoms with Crippen LogP contribution in [-0.4, -0.2) is 55.4 Å². The fourth-order valence-corrected chi connectivity index (χ4v) is 1.52. The van der Waals surface area contributed by atoms with Gasteiger partial charge in [-0.05, 0) is 39.9 Å². The highest BCUT2D eigenvalue weighted by molar-refractivity contribution is 6.13. The van der Waals surface area contributed by atoms with E-state index in [2.05, 4.69) is 19.0 Å². The number of unbranched alkanes of at least 4 members (excludes halogenated alkanes) is 1. The molecular weight excluding hydrogens is 182 g/mol. The molecule has 0 heterocycles. The van der Waals surface area contributed by atoms with Crippen LogP contribution in [0.3, 0.4) is 0 Å². The Morgan fingerprint density at radius 2 is 1.69 bits per heavy atom. The van der Waals surface area contributed by atoms with Crippen LogP contribution in [0.15, 0.2) is 0 Å². The zero-order valence-electron chi connectivity index (χ0n) is 9.59. The predicted octanol–water partition coefficient (Wildman–Crippen LogP) is 0.0303. The van der Waals surface area contributed by atoms with Crippen LogP contribution in [0.5, 0.6) is 0 Å². The van der Waals surface area contributed by atoms with Crippen LogP contribution in [0.1, 0.15) is 19.3 Å². The van der Waals surface area contributed by atoms with Crippen LogP contribution >= 0.6 is 0 Å². The molecule has 0 amide bonds. The third-order valence-electron chi connectivity index (χ3n) is 2.35. The SMILES string of the molecule is COC([SiH3])(CCCCN(C)C)OC. The lowest BCUT2D eigenvalue weighted by Gasteiger charge is -2.26. The molecule has 0 N–H and O–H groups in total. The molecule has 0 aromatic heterocycles. The van der Waals surface area contributed by atoms with Gasteiger partial charge in [0, 0.05) is 14.2 Å². The van der Waals surface area contributed by atoms with Crippen molar-refractivity contribution in [2.75, 3.05) is 34.9 Å². The van der Waals surface area contributed by atoms with E-state index in [1.165, 1.54) is 12.8 Å². The summed E-state index contributed by atoms with van der Waals surface area (Å²) in [6.45, 7) is 1.14. The normalized spacial score (nSPS) is 12.7. The fourth-order valence-electron chi connectivity index (χ4n) is 1.16. The molecule has 0 aliphatic heterocycles. The molecule has 0 unspecified atom stereocenters. The van der Waals surface area contributed by atoms with Crippen LogP contribution < -0.4 is 0 Å². The first-order valence-corrected chi connectivity index (χ1v) is 5.79. The summed E-state index contributed by atoms with van der Waals surface area (Å²) in [4.78, 5) is 2.20. The highest BCUT2D eigenvalue weighted by Gasteiger charge is 2.20. The summed E-state index contributed by atoms with van der Waals surface area (Å²) in [5.74, 6) is 0. The standard InChI is InChI=1S/C9H23NO2Si/c1-10(2)8-6-5-7-9(13,11-3)12-4/h5-8H2,1-4,13H3. The maximum atomic E-state index is 5.32. The summed E-state index contributed by atoms with van der Waals surface area (Å²) < 4.78 is 10.6. The summed E-state index contributed by atoms with van der Waals surface area (Å²) in [6.07, 6.45) is 3.40. The number of nitrogens with zero attached hydrogens (tertiary/aromatic N) is 1. The van der Waals surface area contributed by atoms with Gasteiger partial charge in [0.1, 0.15) is 5.41 Å². The fraction of sp³-hybridized carbons (Fsp3) is 1.00. The van der Waals surface area contributed by atoms with Crippen LogP contribution in [0.25, 0.3) is 0 Å². The van der Waals surface area contributed by atoms with Gasteiger partial charge in [-0.15, -0.1) is 0 Å². The Morgan fingerprint density at radius 1 is 1.15 bits per heavy atom. The Hall–Kier alpha value is 0.0969. The van der Waals surface area contributed by atoms with E-state index >= 15 is 0 Å². The Morgan fingerprint density at radius 3 is 2.08 bits per heavy atom. The molecule has 0 aliphatic carbocycles. The average Bonchev–Trinajstić information content (AvgIpc) is 2.12. The zero-order chi connectivity index (χ0) is 10.3. The third-order valence-corrected chi connectivity index (χ3v) is 3.67. The quantitative estimate of drug-likeness (QED) is 0.332. The lowest BCUT2D eigenvalue weighted by Crippen LogP contribution is -2.34. The van der Waals surface area contributed by atoms with Gasteiger partial charge in [-0.25, -0.2) is 0 Å². The molecule has 0 radical (unpaired) electrons. The van der Waals surface area contributed by atoms with Gasteiger partial charge >= 0.3 is 0 Å². The van der Waals surface area contributed by atoms with Gasteiger partial charge < -0.3 is 14.4 Å². The Bertz CT molecular complexity index is 127. The molecule has 0 aromatic carbocycles. The monoisotopic (exact) mass is 205 g/mol. The van der Waals surface area contributed by atoms with Crippen LogP contribution in [0.4, 0.5) is 0 Å². The average molecular weight is 205 g/mol. The van der Waals surface area contributed by atoms with Crippen molar-refractivity contribution in [3.8, 4) is 0 Å². The van der Waals surface area contributed by atoms with Crippen molar-refractivity contribution < 1.29 is 9.47 Å². The first-order chi connectivity index (χ1) is 6.04. The van der Waals surface area contributed by atoms with Crippen molar-refractivity contribution in [3.05, 3.63) is 0 Å². The molecular formula is C9H23NO2Si. The number of hydrogen-bond donors (Lipinski definition) is 0. The van der Waals surface area contributed by atoms with Gasteiger partial charge in [0.15, 0.2) is 0 Å². The molecule has 13 heavy (non-hydrogen) atoms. The van der Waals surface area contributed by atoms with E-state index in [1.54, 1.807) is 14.2 Å². The van der Waals surface area contributed by atoms with Gasteiger partial charge in [-0.3, -0.25) is 0 Å². The molecule has 0 atom stereocenters.